The molecule has 1 aromatic carbocycles. The Morgan fingerprint density at radius 3 is 2.00 bits per heavy atom. The van der Waals surface area contributed by atoms with Crippen molar-refractivity contribution in [3.8, 4) is 0 Å². The SMILES string of the molecule is CS(=O)(=O)c1ccc(C2CC3(C2)CN(C(=O)N2CC4(CC(c5n[nH]c(C6CC6)n5)C4)C2)C3)cc1. The third-order valence-corrected chi connectivity index (χ3v) is 10.1. The number of likely N-dealkylation sites (tertiary alicyclic amines) is 2. The molecule has 7 rings (SSSR count). The lowest BCUT2D eigenvalue weighted by Gasteiger charge is -2.63. The number of urea groups is 1. The minimum absolute atomic E-state index is 0.203. The van der Waals surface area contributed by atoms with Crippen LogP contribution in [0.5, 0.6) is 0 Å². The zero-order valence-electron chi connectivity index (χ0n) is 19.5. The summed E-state index contributed by atoms with van der Waals surface area (Å²) in [6.45, 7) is 3.47. The van der Waals surface area contributed by atoms with Gasteiger partial charge in [0.15, 0.2) is 15.7 Å². The van der Waals surface area contributed by atoms with Crippen molar-refractivity contribution in [1.82, 2.24) is 25.0 Å². The number of carbonyl (C=O) groups excluding carboxylic acids is 1. The van der Waals surface area contributed by atoms with Crippen molar-refractivity contribution in [3.05, 3.63) is 41.5 Å². The summed E-state index contributed by atoms with van der Waals surface area (Å²) in [5.74, 6) is 3.58. The van der Waals surface area contributed by atoms with Crippen LogP contribution in [-0.2, 0) is 9.84 Å². The topological polar surface area (TPSA) is 99.3 Å². The number of hydrogen-bond acceptors (Lipinski definition) is 5. The van der Waals surface area contributed by atoms with Gasteiger partial charge in [0.2, 0.25) is 0 Å². The minimum Gasteiger partial charge on any atom is -0.323 e. The summed E-state index contributed by atoms with van der Waals surface area (Å²) in [5, 5.41) is 7.57. The Balaban J connectivity index is 0.871. The van der Waals surface area contributed by atoms with Gasteiger partial charge in [-0.25, -0.2) is 18.2 Å². The Kier molecular flexibility index (Phi) is 4.20. The summed E-state index contributed by atoms with van der Waals surface area (Å²) in [5.41, 5.74) is 1.77. The number of nitrogens with zero attached hydrogens (tertiary/aromatic N) is 4. The highest BCUT2D eigenvalue weighted by Gasteiger charge is 2.59. The van der Waals surface area contributed by atoms with E-state index in [0.29, 0.717) is 28.1 Å². The van der Waals surface area contributed by atoms with E-state index in [1.165, 1.54) is 24.7 Å². The highest BCUT2D eigenvalue weighted by atomic mass is 32.2. The number of aromatic amines is 1. The maximum absolute atomic E-state index is 12.9. The number of rotatable bonds is 4. The van der Waals surface area contributed by atoms with Crippen LogP contribution in [0.3, 0.4) is 0 Å². The molecule has 0 unspecified atom stereocenters. The summed E-state index contributed by atoms with van der Waals surface area (Å²) >= 11 is 0. The molecule has 1 N–H and O–H groups in total. The molecule has 3 aliphatic carbocycles. The second-order valence-corrected chi connectivity index (χ2v) is 13.9. The first-order valence-corrected chi connectivity index (χ1v) is 14.4. The Morgan fingerprint density at radius 1 is 0.912 bits per heavy atom. The fourth-order valence-electron chi connectivity index (χ4n) is 6.90. The van der Waals surface area contributed by atoms with Crippen LogP contribution in [0.15, 0.2) is 29.2 Å². The molecule has 2 spiro atoms. The van der Waals surface area contributed by atoms with Gasteiger partial charge < -0.3 is 9.80 Å². The van der Waals surface area contributed by atoms with Crippen LogP contribution in [0.4, 0.5) is 4.79 Å². The van der Waals surface area contributed by atoms with Crippen LogP contribution < -0.4 is 0 Å². The molecule has 2 amide bonds. The fraction of sp³-hybridized carbons (Fsp3) is 0.640. The number of nitrogens with one attached hydrogen (secondary N) is 1. The molecule has 5 aliphatic rings. The number of benzene rings is 1. The van der Waals surface area contributed by atoms with Crippen LogP contribution in [0.2, 0.25) is 0 Å². The zero-order chi connectivity index (χ0) is 23.3. The van der Waals surface area contributed by atoms with Crippen molar-refractivity contribution >= 4 is 15.9 Å². The lowest BCUT2D eigenvalue weighted by Crippen LogP contribution is -2.70. The summed E-state index contributed by atoms with van der Waals surface area (Å²) in [6, 6.07) is 7.53. The first kappa shape index (κ1) is 20.9. The molecule has 1 aromatic heterocycles. The Bertz CT molecular complexity index is 1240. The Labute approximate surface area is 200 Å². The maximum Gasteiger partial charge on any atom is 0.320 e. The molecule has 180 valence electrons. The average molecular weight is 482 g/mol. The molecule has 0 bridgehead atoms. The van der Waals surface area contributed by atoms with E-state index in [1.807, 2.05) is 21.9 Å². The highest BCUT2D eigenvalue weighted by Crippen LogP contribution is 2.58. The van der Waals surface area contributed by atoms with Gasteiger partial charge >= 0.3 is 6.03 Å². The molecule has 3 heterocycles. The summed E-state index contributed by atoms with van der Waals surface area (Å²) in [7, 11) is -3.15. The fourth-order valence-corrected chi connectivity index (χ4v) is 7.53. The van der Waals surface area contributed by atoms with E-state index in [-0.39, 0.29) is 11.4 Å². The molecule has 34 heavy (non-hydrogen) atoms. The van der Waals surface area contributed by atoms with E-state index in [4.69, 9.17) is 4.98 Å². The third-order valence-electron chi connectivity index (χ3n) is 8.99. The van der Waals surface area contributed by atoms with Crippen LogP contribution in [0.25, 0.3) is 0 Å². The smallest absolute Gasteiger partial charge is 0.320 e. The predicted molar refractivity (Wildman–Crippen MR) is 125 cm³/mol. The zero-order valence-corrected chi connectivity index (χ0v) is 20.4. The molecule has 0 atom stereocenters. The molecule has 9 heteroatoms. The highest BCUT2D eigenvalue weighted by molar-refractivity contribution is 7.90. The number of aromatic nitrogens is 3. The first-order valence-electron chi connectivity index (χ1n) is 12.5. The van der Waals surface area contributed by atoms with E-state index >= 15 is 0 Å². The molecule has 3 saturated carbocycles. The average Bonchev–Trinajstić information content (AvgIpc) is 3.41. The standard InChI is InChI=1S/C25H31N5O3S/c1-34(32,33)20-6-4-16(5-7-20)18-8-24(9-18)12-29(13-24)23(31)30-14-25(15-30)10-19(11-25)22-26-21(27-28-22)17-2-3-17/h4-7,17-19H,2-3,8-15H2,1H3,(H,26,27,28). The lowest BCUT2D eigenvalue weighted by molar-refractivity contribution is -0.0899. The molecule has 5 fully saturated rings. The van der Waals surface area contributed by atoms with Crippen molar-refractivity contribution < 1.29 is 13.2 Å². The summed E-state index contributed by atoms with van der Waals surface area (Å²) < 4.78 is 23.3. The number of H-pyrrole nitrogens is 1. The van der Waals surface area contributed by atoms with Gasteiger partial charge in [-0.1, -0.05) is 12.1 Å². The van der Waals surface area contributed by atoms with E-state index in [0.717, 1.165) is 63.5 Å². The van der Waals surface area contributed by atoms with Crippen LogP contribution in [-0.4, -0.2) is 71.9 Å². The van der Waals surface area contributed by atoms with E-state index in [2.05, 4.69) is 10.2 Å². The number of hydrogen-bond donors (Lipinski definition) is 1. The van der Waals surface area contributed by atoms with Gasteiger partial charge in [0, 0.05) is 55.1 Å². The largest absolute Gasteiger partial charge is 0.323 e. The molecule has 2 saturated heterocycles. The number of sulfone groups is 1. The molecule has 8 nitrogen and oxygen atoms in total. The second-order valence-electron chi connectivity index (χ2n) is 11.9. The van der Waals surface area contributed by atoms with Gasteiger partial charge in [0.05, 0.1) is 4.90 Å². The Hall–Kier alpha value is -2.42. The van der Waals surface area contributed by atoms with Crippen molar-refractivity contribution in [1.29, 1.82) is 0 Å². The predicted octanol–water partition coefficient (Wildman–Crippen LogP) is 3.26. The van der Waals surface area contributed by atoms with E-state index < -0.39 is 9.84 Å². The van der Waals surface area contributed by atoms with E-state index in [1.54, 1.807) is 12.1 Å². The monoisotopic (exact) mass is 481 g/mol. The van der Waals surface area contributed by atoms with Crippen LogP contribution in [0, 0.1) is 10.8 Å². The van der Waals surface area contributed by atoms with Crippen LogP contribution in [0.1, 0.15) is 73.5 Å². The lowest BCUT2D eigenvalue weighted by atomic mass is 9.56. The van der Waals surface area contributed by atoms with Gasteiger partial charge in [-0.15, -0.1) is 0 Å². The number of amides is 2. The van der Waals surface area contributed by atoms with Crippen molar-refractivity contribution in [2.75, 3.05) is 32.4 Å². The van der Waals surface area contributed by atoms with Crippen molar-refractivity contribution in [2.24, 2.45) is 10.8 Å². The summed E-state index contributed by atoms with van der Waals surface area (Å²) in [4.78, 5) is 22.1. The van der Waals surface area contributed by atoms with Gasteiger partial charge in [-0.05, 0) is 62.1 Å². The van der Waals surface area contributed by atoms with Crippen molar-refractivity contribution in [3.63, 3.8) is 0 Å². The second kappa shape index (κ2) is 6.83. The quantitative estimate of drug-likeness (QED) is 0.723. The molecule has 2 aromatic rings. The third kappa shape index (κ3) is 3.30. The molecule has 2 aliphatic heterocycles. The van der Waals surface area contributed by atoms with Gasteiger partial charge in [-0.3, -0.25) is 5.10 Å². The molecular formula is C25H31N5O3S. The van der Waals surface area contributed by atoms with Crippen molar-refractivity contribution in [2.45, 2.75) is 61.2 Å². The Morgan fingerprint density at radius 2 is 1.47 bits per heavy atom. The van der Waals surface area contributed by atoms with Gasteiger partial charge in [0.1, 0.15) is 5.82 Å². The first-order chi connectivity index (χ1) is 16.2. The maximum atomic E-state index is 12.9. The van der Waals surface area contributed by atoms with Gasteiger partial charge in [0.25, 0.3) is 0 Å². The van der Waals surface area contributed by atoms with E-state index in [9.17, 15) is 13.2 Å². The number of carbonyl (C=O) groups is 1. The normalized spacial score (nSPS) is 25.6. The van der Waals surface area contributed by atoms with Gasteiger partial charge in [-0.2, -0.15) is 5.10 Å². The molecular weight excluding hydrogens is 450 g/mol. The van der Waals surface area contributed by atoms with Crippen LogP contribution >= 0.6 is 0 Å². The summed E-state index contributed by atoms with van der Waals surface area (Å²) in [6.07, 6.45) is 8.07. The molecule has 0 radical (unpaired) electrons. The minimum atomic E-state index is -3.15.